The van der Waals surface area contributed by atoms with Gasteiger partial charge < -0.3 is 61.3 Å². The lowest BCUT2D eigenvalue weighted by Gasteiger charge is -2.35. The molecule has 12 N–H and O–H groups in total. The molecule has 1 aliphatic rings. The molecule has 0 atom stereocenters. The van der Waals surface area contributed by atoms with E-state index in [0.29, 0.717) is 0 Å². The zero-order valence-corrected chi connectivity index (χ0v) is 51.6. The van der Waals surface area contributed by atoms with Gasteiger partial charge in [0, 0.05) is 78.5 Å². The third kappa shape index (κ3) is 12.3. The molecule has 4 aromatic carbocycles. The Labute approximate surface area is 495 Å². The standard InChI is InChI=1S/C40H36I8N4O16/c41-21-17(37(61)62)22(42)30(54)13(29(21)53)9-49-1-2-50(10-14-31(55)23(43)18(38(63)64)24(44)32(14)56)5-6-52(12-16-35(59)27(47)20(40(67)68)28(48)36(16)60)8-7-51(4-3-49)11-15-33(57)25(45)19(39(65)66)26(46)34(15)58/h53-60H,1-12H2,(H,61,62)(H,63,64)(H,65,66)(H,67,68). The minimum absolute atomic E-state index is 0.0102. The zero-order valence-electron chi connectivity index (χ0n) is 34.3. The molecule has 28 heteroatoms. The van der Waals surface area contributed by atoms with Gasteiger partial charge in [0.2, 0.25) is 0 Å². The van der Waals surface area contributed by atoms with E-state index in [-0.39, 0.29) is 152 Å². The number of hydrogen-bond donors (Lipinski definition) is 12. The van der Waals surface area contributed by atoms with Crippen LogP contribution in [0, 0.1) is 28.6 Å². The smallest absolute Gasteiger partial charge is 0.338 e. The summed E-state index contributed by atoms with van der Waals surface area (Å²) in [4.78, 5) is 55.8. The second kappa shape index (κ2) is 24.2. The molecular formula is C40H36I8N4O16. The third-order valence-electron chi connectivity index (χ3n) is 11.0. The van der Waals surface area contributed by atoms with Gasteiger partial charge in [-0.3, -0.25) is 19.6 Å². The Hall–Kier alpha value is -1.16. The summed E-state index contributed by atoms with van der Waals surface area (Å²) in [5, 5.41) is 130. The van der Waals surface area contributed by atoms with Gasteiger partial charge in [-0.1, -0.05) is 0 Å². The van der Waals surface area contributed by atoms with Crippen molar-refractivity contribution in [2.75, 3.05) is 52.4 Å². The summed E-state index contributed by atoms with van der Waals surface area (Å²) >= 11 is 13.5. The van der Waals surface area contributed by atoms with Crippen molar-refractivity contribution in [1.82, 2.24) is 19.6 Å². The number of benzene rings is 4. The van der Waals surface area contributed by atoms with Gasteiger partial charge in [0.15, 0.2) is 0 Å². The van der Waals surface area contributed by atoms with Gasteiger partial charge in [-0.15, -0.1) is 0 Å². The van der Waals surface area contributed by atoms with Gasteiger partial charge in [0.25, 0.3) is 0 Å². The van der Waals surface area contributed by atoms with Gasteiger partial charge in [-0.05, 0) is 181 Å². The molecule has 1 saturated heterocycles. The van der Waals surface area contributed by atoms with Crippen molar-refractivity contribution in [2.45, 2.75) is 26.2 Å². The average Bonchev–Trinajstić information content (AvgIpc) is 3.26. The van der Waals surface area contributed by atoms with Crippen LogP contribution in [0.2, 0.25) is 0 Å². The first-order valence-electron chi connectivity index (χ1n) is 19.2. The molecule has 0 saturated carbocycles. The van der Waals surface area contributed by atoms with Gasteiger partial charge >= 0.3 is 23.9 Å². The molecule has 1 aliphatic heterocycles. The molecule has 0 aromatic heterocycles. The fourth-order valence-electron chi connectivity index (χ4n) is 7.30. The molecule has 0 unspecified atom stereocenters. The zero-order chi connectivity index (χ0) is 51.0. The van der Waals surface area contributed by atoms with Crippen LogP contribution in [0.5, 0.6) is 46.0 Å². The number of aromatic carboxylic acids is 4. The first-order valence-corrected chi connectivity index (χ1v) is 27.9. The van der Waals surface area contributed by atoms with Crippen LogP contribution in [0.15, 0.2) is 0 Å². The van der Waals surface area contributed by atoms with E-state index in [1.54, 1.807) is 181 Å². The predicted molar refractivity (Wildman–Crippen MR) is 310 cm³/mol. The van der Waals surface area contributed by atoms with E-state index in [4.69, 9.17) is 0 Å². The number of carbonyl (C=O) groups is 4. The van der Waals surface area contributed by atoms with Crippen LogP contribution >= 0.6 is 181 Å². The Morgan fingerprint density at radius 3 is 0.515 bits per heavy atom. The molecule has 68 heavy (non-hydrogen) atoms. The maximum atomic E-state index is 12.1. The number of hydrogen-bond acceptors (Lipinski definition) is 16. The van der Waals surface area contributed by atoms with Crippen LogP contribution in [0.25, 0.3) is 0 Å². The van der Waals surface area contributed by atoms with E-state index < -0.39 is 69.9 Å². The van der Waals surface area contributed by atoms with E-state index >= 15 is 0 Å². The predicted octanol–water partition coefficient (Wildman–Crippen LogP) is 7.28. The highest BCUT2D eigenvalue weighted by Crippen LogP contribution is 2.44. The minimum Gasteiger partial charge on any atom is -0.506 e. The molecule has 0 spiro atoms. The van der Waals surface area contributed by atoms with Crippen molar-refractivity contribution in [1.29, 1.82) is 0 Å². The average molecular weight is 1840 g/mol. The number of halogens is 8. The number of carboxylic acid groups (broad SMARTS) is 4. The first-order chi connectivity index (χ1) is 31.7. The maximum Gasteiger partial charge on any atom is 0.338 e. The van der Waals surface area contributed by atoms with Gasteiger partial charge in [0.05, 0.1) is 73.1 Å². The van der Waals surface area contributed by atoms with Crippen LogP contribution in [0.1, 0.15) is 63.7 Å². The van der Waals surface area contributed by atoms with Crippen LogP contribution < -0.4 is 0 Å². The van der Waals surface area contributed by atoms with Crippen LogP contribution in [-0.4, -0.2) is 157 Å². The number of phenols is 8. The van der Waals surface area contributed by atoms with E-state index in [1.807, 2.05) is 19.6 Å². The lowest BCUT2D eigenvalue weighted by molar-refractivity contribution is 0.0682. The molecular weight excluding hydrogens is 1810 g/mol. The fourth-order valence-corrected chi connectivity index (χ4v) is 16.0. The fraction of sp³-hybridized carbons (Fsp3) is 0.300. The minimum atomic E-state index is -1.37. The quantitative estimate of drug-likeness (QED) is 0.0620. The highest BCUT2D eigenvalue weighted by Gasteiger charge is 2.32. The second-order valence-electron chi connectivity index (χ2n) is 15.0. The number of carboxylic acids is 4. The van der Waals surface area contributed by atoms with E-state index in [1.165, 1.54) is 0 Å². The summed E-state index contributed by atoms with van der Waals surface area (Å²) in [5.74, 6) is -9.14. The molecule has 1 fully saturated rings. The summed E-state index contributed by atoms with van der Waals surface area (Å²) in [6.45, 7) is 0.532. The van der Waals surface area contributed by atoms with Gasteiger partial charge in [-0.2, -0.15) is 0 Å². The normalized spacial score (nSPS) is 14.9. The van der Waals surface area contributed by atoms with Crippen molar-refractivity contribution in [2.24, 2.45) is 0 Å². The third-order valence-corrected chi connectivity index (χ3v) is 19.4. The lowest BCUT2D eigenvalue weighted by Crippen LogP contribution is -2.45. The lowest BCUT2D eigenvalue weighted by atomic mass is 10.1. The van der Waals surface area contributed by atoms with Crippen molar-refractivity contribution in [3.05, 3.63) is 73.1 Å². The van der Waals surface area contributed by atoms with E-state index in [0.717, 1.165) is 0 Å². The molecule has 0 amide bonds. The van der Waals surface area contributed by atoms with E-state index in [9.17, 15) is 80.5 Å². The first kappa shape index (κ1) is 57.7. The molecule has 0 radical (unpaired) electrons. The second-order valence-corrected chi connectivity index (χ2v) is 23.7. The highest BCUT2D eigenvalue weighted by molar-refractivity contribution is 14.1. The maximum absolute atomic E-state index is 12.1. The summed E-state index contributed by atoms with van der Waals surface area (Å²) in [7, 11) is 0. The number of rotatable bonds is 12. The molecule has 4 aromatic rings. The molecule has 368 valence electrons. The SMILES string of the molecule is O=C(O)c1c(I)c(O)c(CN2CCN(Cc3c(O)c(I)c(C(=O)O)c(I)c3O)CCN(Cc3c(O)c(I)c(C(=O)O)c(I)c3O)CCN(Cc3c(O)c(I)c(C(=O)O)c(I)c3O)CC2)c(O)c1I. The largest absolute Gasteiger partial charge is 0.506 e. The Bertz CT molecular complexity index is 2250. The highest BCUT2D eigenvalue weighted by atomic mass is 127. The van der Waals surface area contributed by atoms with Gasteiger partial charge in [0.1, 0.15) is 46.0 Å². The number of aromatic hydroxyl groups is 8. The molecule has 20 nitrogen and oxygen atoms in total. The van der Waals surface area contributed by atoms with E-state index in [2.05, 4.69) is 0 Å². The molecule has 0 bridgehead atoms. The molecule has 0 aliphatic carbocycles. The van der Waals surface area contributed by atoms with Gasteiger partial charge in [-0.25, -0.2) is 19.2 Å². The Morgan fingerprint density at radius 2 is 0.412 bits per heavy atom. The summed E-state index contributed by atoms with van der Waals surface area (Å²) in [6, 6.07) is 0. The Balaban J connectivity index is 1.65. The Morgan fingerprint density at radius 1 is 0.294 bits per heavy atom. The van der Waals surface area contributed by atoms with Crippen LogP contribution in [0.4, 0.5) is 0 Å². The number of phenolic OH excluding ortho intramolecular Hbond substituents is 8. The van der Waals surface area contributed by atoms with Crippen molar-refractivity contribution < 1.29 is 80.5 Å². The monoisotopic (exact) mass is 1840 g/mol. The topological polar surface area (TPSA) is 324 Å². The van der Waals surface area contributed by atoms with Crippen LogP contribution in [-0.2, 0) is 26.2 Å². The summed E-state index contributed by atoms with van der Waals surface area (Å²) < 4.78 is -0.0817. The molecule has 5 rings (SSSR count). The summed E-state index contributed by atoms with van der Waals surface area (Å²) in [6.07, 6.45) is 0. The van der Waals surface area contributed by atoms with Crippen LogP contribution in [0.3, 0.4) is 0 Å². The van der Waals surface area contributed by atoms with Crippen molar-refractivity contribution in [3.63, 3.8) is 0 Å². The summed E-state index contributed by atoms with van der Waals surface area (Å²) in [5.41, 5.74) is -1.09. The Kier molecular flexibility index (Phi) is 20.6. The molecule has 1 heterocycles. The van der Waals surface area contributed by atoms with Crippen molar-refractivity contribution in [3.8, 4) is 46.0 Å². The number of nitrogens with zero attached hydrogens (tertiary/aromatic N) is 4. The van der Waals surface area contributed by atoms with Crippen molar-refractivity contribution >= 4 is 205 Å².